The summed E-state index contributed by atoms with van der Waals surface area (Å²) in [6.45, 7) is 0. The van der Waals surface area contributed by atoms with Crippen molar-refractivity contribution in [2.75, 3.05) is 5.32 Å². The van der Waals surface area contributed by atoms with Crippen molar-refractivity contribution in [1.82, 2.24) is 15.0 Å². The van der Waals surface area contributed by atoms with E-state index in [1.807, 2.05) is 30.3 Å². The van der Waals surface area contributed by atoms with E-state index in [0.29, 0.717) is 22.1 Å². The minimum absolute atomic E-state index is 0.174. The Balaban J connectivity index is 1.61. The largest absolute Gasteiger partial charge is 0.338 e. The van der Waals surface area contributed by atoms with Crippen LogP contribution in [-0.2, 0) is 0 Å². The molecular weight excluding hydrogens is 379 g/mol. The van der Waals surface area contributed by atoms with Crippen LogP contribution in [0.2, 0.25) is 5.02 Å². The molecule has 138 valence electrons. The lowest BCUT2D eigenvalue weighted by atomic mass is 10.1. The third-order valence-electron chi connectivity index (χ3n) is 4.13. The minimum Gasteiger partial charge on any atom is -0.338 e. The molecule has 0 saturated carbocycles. The first kappa shape index (κ1) is 17.9. The van der Waals surface area contributed by atoms with Gasteiger partial charge >= 0.3 is 0 Å². The van der Waals surface area contributed by atoms with Crippen LogP contribution in [0.5, 0.6) is 0 Å². The maximum Gasteiger partial charge on any atom is 0.255 e. The van der Waals surface area contributed by atoms with Crippen LogP contribution >= 0.6 is 11.6 Å². The number of imidazole rings is 1. The summed E-state index contributed by atoms with van der Waals surface area (Å²) in [5.74, 6) is -0.581. The summed E-state index contributed by atoms with van der Waals surface area (Å²) in [5, 5.41) is 3.22. The number of carbonyl (C=O) groups excluding carboxylic acids is 1. The maximum absolute atomic E-state index is 13.2. The molecule has 5 nitrogen and oxygen atoms in total. The van der Waals surface area contributed by atoms with Gasteiger partial charge in [0.05, 0.1) is 16.9 Å². The Bertz CT molecular complexity index is 1140. The molecule has 4 aromatic rings. The van der Waals surface area contributed by atoms with E-state index in [2.05, 4.69) is 20.3 Å². The highest BCUT2D eigenvalue weighted by Crippen LogP contribution is 2.30. The van der Waals surface area contributed by atoms with Crippen molar-refractivity contribution in [3.8, 4) is 22.6 Å². The maximum atomic E-state index is 13.2. The highest BCUT2D eigenvalue weighted by atomic mass is 35.5. The lowest BCUT2D eigenvalue weighted by molar-refractivity contribution is 0.102. The molecule has 2 aromatic carbocycles. The molecule has 0 spiro atoms. The standard InChI is InChI=1S/C21H14ClFN4O/c22-17-7-6-15(26-21(28)14-8-9-24-19(23)10-14)11-16(17)20-25-12-18(27-20)13-4-2-1-3-5-13/h1-12H,(H,25,27)(H,26,28). The first-order chi connectivity index (χ1) is 13.6. The molecule has 4 rings (SSSR count). The van der Waals surface area contributed by atoms with Gasteiger partial charge in [-0.05, 0) is 29.8 Å². The molecule has 1 amide bonds. The topological polar surface area (TPSA) is 70.7 Å². The number of pyridine rings is 1. The molecule has 0 aliphatic heterocycles. The van der Waals surface area contributed by atoms with Gasteiger partial charge in [0.1, 0.15) is 5.82 Å². The molecule has 0 saturated heterocycles. The number of halogens is 2. The average Bonchev–Trinajstić information content (AvgIpc) is 3.20. The molecule has 0 atom stereocenters. The Morgan fingerprint density at radius 1 is 1.04 bits per heavy atom. The number of hydrogen-bond acceptors (Lipinski definition) is 3. The van der Waals surface area contributed by atoms with E-state index in [4.69, 9.17) is 11.6 Å². The predicted octanol–water partition coefficient (Wildman–Crippen LogP) is 5.18. The molecule has 2 aromatic heterocycles. The molecular formula is C21H14ClFN4O. The Morgan fingerprint density at radius 2 is 1.86 bits per heavy atom. The zero-order valence-corrected chi connectivity index (χ0v) is 15.2. The summed E-state index contributed by atoms with van der Waals surface area (Å²) in [6, 6.07) is 17.4. The van der Waals surface area contributed by atoms with Crippen LogP contribution in [-0.4, -0.2) is 20.9 Å². The smallest absolute Gasteiger partial charge is 0.255 e. The van der Waals surface area contributed by atoms with Crippen molar-refractivity contribution < 1.29 is 9.18 Å². The molecule has 0 aliphatic carbocycles. The van der Waals surface area contributed by atoms with Gasteiger partial charge in [-0.1, -0.05) is 41.9 Å². The van der Waals surface area contributed by atoms with E-state index < -0.39 is 11.9 Å². The summed E-state index contributed by atoms with van der Waals surface area (Å²) in [6.07, 6.45) is 2.97. The molecule has 0 radical (unpaired) electrons. The molecule has 0 aliphatic rings. The van der Waals surface area contributed by atoms with E-state index in [-0.39, 0.29) is 5.56 Å². The molecule has 0 unspecified atom stereocenters. The van der Waals surface area contributed by atoms with E-state index in [1.54, 1.807) is 24.4 Å². The summed E-state index contributed by atoms with van der Waals surface area (Å²) in [4.78, 5) is 23.4. The van der Waals surface area contributed by atoms with Crippen molar-refractivity contribution in [3.05, 3.63) is 89.6 Å². The number of nitrogens with one attached hydrogen (secondary N) is 2. The number of aromatic amines is 1. The summed E-state index contributed by atoms with van der Waals surface area (Å²) >= 11 is 6.33. The van der Waals surface area contributed by atoms with Crippen LogP contribution in [0.4, 0.5) is 10.1 Å². The number of benzene rings is 2. The molecule has 2 N–H and O–H groups in total. The number of hydrogen-bond donors (Lipinski definition) is 2. The molecule has 7 heteroatoms. The fourth-order valence-electron chi connectivity index (χ4n) is 2.75. The summed E-state index contributed by atoms with van der Waals surface area (Å²) in [5.41, 5.74) is 3.19. The molecule has 28 heavy (non-hydrogen) atoms. The van der Waals surface area contributed by atoms with Crippen LogP contribution in [0, 0.1) is 5.95 Å². The highest BCUT2D eigenvalue weighted by molar-refractivity contribution is 6.33. The van der Waals surface area contributed by atoms with Gasteiger partial charge < -0.3 is 10.3 Å². The number of aromatic nitrogens is 3. The number of nitrogens with zero attached hydrogens (tertiary/aromatic N) is 2. The van der Waals surface area contributed by atoms with Gasteiger partial charge in [0.2, 0.25) is 5.95 Å². The van der Waals surface area contributed by atoms with E-state index in [9.17, 15) is 9.18 Å². The highest BCUT2D eigenvalue weighted by Gasteiger charge is 2.12. The molecule has 0 fully saturated rings. The van der Waals surface area contributed by atoms with Crippen molar-refractivity contribution in [2.24, 2.45) is 0 Å². The van der Waals surface area contributed by atoms with Crippen molar-refractivity contribution in [3.63, 3.8) is 0 Å². The summed E-state index contributed by atoms with van der Waals surface area (Å²) in [7, 11) is 0. The second-order valence-corrected chi connectivity index (χ2v) is 6.43. The van der Waals surface area contributed by atoms with Gasteiger partial charge in [-0.2, -0.15) is 4.39 Å². The third kappa shape index (κ3) is 3.77. The number of rotatable bonds is 4. The van der Waals surface area contributed by atoms with Crippen molar-refractivity contribution >= 4 is 23.2 Å². The number of amides is 1. The first-order valence-electron chi connectivity index (χ1n) is 8.43. The van der Waals surface area contributed by atoms with Gasteiger partial charge in [-0.15, -0.1) is 0 Å². The van der Waals surface area contributed by atoms with Crippen LogP contribution in [0.1, 0.15) is 10.4 Å². The zero-order chi connectivity index (χ0) is 19.5. The Labute approximate surface area is 165 Å². The predicted molar refractivity (Wildman–Crippen MR) is 107 cm³/mol. The van der Waals surface area contributed by atoms with Crippen molar-refractivity contribution in [2.45, 2.75) is 0 Å². The van der Waals surface area contributed by atoms with Gasteiger partial charge in [-0.3, -0.25) is 4.79 Å². The lowest BCUT2D eigenvalue weighted by Gasteiger charge is -2.08. The van der Waals surface area contributed by atoms with Crippen LogP contribution in [0.15, 0.2) is 73.1 Å². The third-order valence-corrected chi connectivity index (χ3v) is 4.46. The monoisotopic (exact) mass is 392 g/mol. The normalized spacial score (nSPS) is 10.6. The second-order valence-electron chi connectivity index (χ2n) is 6.03. The Kier molecular flexibility index (Phi) is 4.87. The number of H-pyrrole nitrogens is 1. The zero-order valence-electron chi connectivity index (χ0n) is 14.5. The Morgan fingerprint density at radius 3 is 2.64 bits per heavy atom. The quantitative estimate of drug-likeness (QED) is 0.470. The second kappa shape index (κ2) is 7.62. The first-order valence-corrected chi connectivity index (χ1v) is 8.81. The lowest BCUT2D eigenvalue weighted by Crippen LogP contribution is -2.12. The van der Waals surface area contributed by atoms with Crippen molar-refractivity contribution in [1.29, 1.82) is 0 Å². The van der Waals surface area contributed by atoms with E-state index in [0.717, 1.165) is 17.3 Å². The van der Waals surface area contributed by atoms with Crippen LogP contribution < -0.4 is 5.32 Å². The minimum atomic E-state index is -0.714. The fraction of sp³-hybridized carbons (Fsp3) is 0. The Hall–Kier alpha value is -3.51. The van der Waals surface area contributed by atoms with E-state index >= 15 is 0 Å². The fourth-order valence-corrected chi connectivity index (χ4v) is 2.96. The van der Waals surface area contributed by atoms with E-state index in [1.165, 1.54) is 12.3 Å². The van der Waals surface area contributed by atoms with Gasteiger partial charge in [0.25, 0.3) is 5.91 Å². The molecule has 0 bridgehead atoms. The number of anilines is 1. The number of carbonyl (C=O) groups is 1. The average molecular weight is 393 g/mol. The van der Waals surface area contributed by atoms with Crippen LogP contribution in [0.3, 0.4) is 0 Å². The SMILES string of the molecule is O=C(Nc1ccc(Cl)c(-c2ncc(-c3ccccc3)[nH]2)c1)c1ccnc(F)c1. The summed E-state index contributed by atoms with van der Waals surface area (Å²) < 4.78 is 13.2. The van der Waals surface area contributed by atoms with Gasteiger partial charge in [-0.25, -0.2) is 9.97 Å². The molecule has 2 heterocycles. The van der Waals surface area contributed by atoms with Crippen LogP contribution in [0.25, 0.3) is 22.6 Å². The van der Waals surface area contributed by atoms with Gasteiger partial charge in [0, 0.05) is 29.1 Å². The van der Waals surface area contributed by atoms with Gasteiger partial charge in [0.15, 0.2) is 0 Å².